The van der Waals surface area contributed by atoms with E-state index in [1.54, 1.807) is 13.8 Å². The number of hydrogen-bond donors (Lipinski definition) is 3. The minimum absolute atomic E-state index is 0.0865. The standard InChI is InChI=1S/C13H25NO3.C6H13N/c1-4-5-6-7-8-9-11(15)14-12(10(2)3)13(16)17;7-6-4-2-1-3-5-6/h10,12H,4-9H2,1-3H3,(H,14,15)(H,16,17);6H,1-5,7H2. The normalized spacial score (nSPS) is 16.2. The first-order valence-electron chi connectivity index (χ1n) is 9.66. The van der Waals surface area contributed by atoms with E-state index < -0.39 is 12.0 Å². The van der Waals surface area contributed by atoms with E-state index in [2.05, 4.69) is 12.2 Å². The first kappa shape index (κ1) is 22.9. The molecule has 0 heterocycles. The summed E-state index contributed by atoms with van der Waals surface area (Å²) in [5.41, 5.74) is 5.63. The summed E-state index contributed by atoms with van der Waals surface area (Å²) in [7, 11) is 0. The quantitative estimate of drug-likeness (QED) is 0.555. The van der Waals surface area contributed by atoms with Crippen LogP contribution in [0.5, 0.6) is 0 Å². The van der Waals surface area contributed by atoms with Crippen molar-refractivity contribution in [2.24, 2.45) is 11.7 Å². The van der Waals surface area contributed by atoms with Crippen molar-refractivity contribution in [3.05, 3.63) is 0 Å². The molecule has 5 heteroatoms. The Kier molecular flexibility index (Phi) is 13.6. The van der Waals surface area contributed by atoms with Crippen LogP contribution in [0.25, 0.3) is 0 Å². The Hall–Kier alpha value is -1.10. The Bertz CT molecular complexity index is 340. The van der Waals surface area contributed by atoms with Gasteiger partial charge in [0.1, 0.15) is 6.04 Å². The molecule has 24 heavy (non-hydrogen) atoms. The number of nitrogens with two attached hydrogens (primary N) is 1. The molecule has 0 aromatic heterocycles. The molecule has 1 amide bonds. The number of hydrogen-bond acceptors (Lipinski definition) is 3. The molecule has 1 aliphatic carbocycles. The minimum atomic E-state index is -0.959. The van der Waals surface area contributed by atoms with Crippen LogP contribution in [0, 0.1) is 5.92 Å². The maximum atomic E-state index is 11.5. The fourth-order valence-electron chi connectivity index (χ4n) is 2.78. The molecule has 0 spiro atoms. The van der Waals surface area contributed by atoms with Gasteiger partial charge in [0.15, 0.2) is 0 Å². The van der Waals surface area contributed by atoms with E-state index in [-0.39, 0.29) is 11.8 Å². The molecule has 4 N–H and O–H groups in total. The lowest BCUT2D eigenvalue weighted by Crippen LogP contribution is -2.44. The Morgan fingerprint density at radius 2 is 1.67 bits per heavy atom. The molecule has 0 aromatic rings. The number of carboxylic acid groups (broad SMARTS) is 1. The van der Waals surface area contributed by atoms with Gasteiger partial charge >= 0.3 is 5.97 Å². The number of carbonyl (C=O) groups excluding carboxylic acids is 1. The van der Waals surface area contributed by atoms with Crippen molar-refractivity contribution < 1.29 is 14.7 Å². The predicted octanol–water partition coefficient (Wildman–Crippen LogP) is 3.85. The summed E-state index contributed by atoms with van der Waals surface area (Å²) in [6.07, 6.45) is 12.5. The zero-order valence-electron chi connectivity index (χ0n) is 15.9. The molecule has 1 saturated carbocycles. The van der Waals surface area contributed by atoms with E-state index in [1.807, 2.05) is 0 Å². The van der Waals surface area contributed by atoms with E-state index in [1.165, 1.54) is 44.9 Å². The van der Waals surface area contributed by atoms with Crippen molar-refractivity contribution in [2.75, 3.05) is 0 Å². The van der Waals surface area contributed by atoms with Crippen LogP contribution in [0.15, 0.2) is 0 Å². The number of aliphatic carboxylic acids is 1. The fraction of sp³-hybridized carbons (Fsp3) is 0.895. The Morgan fingerprint density at radius 1 is 1.08 bits per heavy atom. The van der Waals surface area contributed by atoms with Crippen molar-refractivity contribution in [1.82, 2.24) is 5.32 Å². The third-order valence-corrected chi connectivity index (χ3v) is 4.41. The summed E-state index contributed by atoms with van der Waals surface area (Å²) in [6.45, 7) is 5.73. The highest BCUT2D eigenvalue weighted by Gasteiger charge is 2.22. The molecule has 1 aliphatic rings. The van der Waals surface area contributed by atoms with Crippen LogP contribution in [0.4, 0.5) is 0 Å². The van der Waals surface area contributed by atoms with Gasteiger partial charge in [-0.1, -0.05) is 65.7 Å². The van der Waals surface area contributed by atoms with Gasteiger partial charge in [0.25, 0.3) is 0 Å². The van der Waals surface area contributed by atoms with Gasteiger partial charge in [-0.05, 0) is 25.2 Å². The maximum absolute atomic E-state index is 11.5. The lowest BCUT2D eigenvalue weighted by Gasteiger charge is -2.17. The first-order valence-corrected chi connectivity index (χ1v) is 9.66. The van der Waals surface area contributed by atoms with Crippen LogP contribution in [0.3, 0.4) is 0 Å². The summed E-state index contributed by atoms with van der Waals surface area (Å²) in [5.74, 6) is -1.20. The molecule has 1 fully saturated rings. The second-order valence-corrected chi connectivity index (χ2v) is 7.19. The molecule has 0 radical (unpaired) electrons. The van der Waals surface area contributed by atoms with Crippen molar-refractivity contribution in [2.45, 2.75) is 103 Å². The number of carboxylic acids is 1. The average Bonchev–Trinajstić information content (AvgIpc) is 2.53. The zero-order valence-corrected chi connectivity index (χ0v) is 15.9. The number of unbranched alkanes of at least 4 members (excludes halogenated alkanes) is 4. The fourth-order valence-corrected chi connectivity index (χ4v) is 2.78. The van der Waals surface area contributed by atoms with Crippen molar-refractivity contribution >= 4 is 11.9 Å². The number of rotatable bonds is 9. The van der Waals surface area contributed by atoms with Crippen LogP contribution >= 0.6 is 0 Å². The lowest BCUT2D eigenvalue weighted by atomic mass is 9.97. The average molecular weight is 343 g/mol. The van der Waals surface area contributed by atoms with Gasteiger partial charge in [-0.15, -0.1) is 0 Å². The van der Waals surface area contributed by atoms with E-state index >= 15 is 0 Å². The van der Waals surface area contributed by atoms with Crippen LogP contribution in [0.2, 0.25) is 0 Å². The summed E-state index contributed by atoms with van der Waals surface area (Å²) >= 11 is 0. The van der Waals surface area contributed by atoms with E-state index in [0.29, 0.717) is 12.5 Å². The van der Waals surface area contributed by atoms with Crippen LogP contribution in [0.1, 0.15) is 91.4 Å². The molecule has 5 nitrogen and oxygen atoms in total. The maximum Gasteiger partial charge on any atom is 0.326 e. The van der Waals surface area contributed by atoms with Crippen molar-refractivity contribution in [1.29, 1.82) is 0 Å². The van der Waals surface area contributed by atoms with Gasteiger partial charge in [-0.25, -0.2) is 4.79 Å². The first-order chi connectivity index (χ1) is 11.4. The number of nitrogens with one attached hydrogen (secondary N) is 1. The molecular formula is C19H38N2O3. The van der Waals surface area contributed by atoms with Gasteiger partial charge < -0.3 is 16.2 Å². The highest BCUT2D eigenvalue weighted by atomic mass is 16.4. The SMILES string of the molecule is CCCCCCCC(=O)NC(C(=O)O)C(C)C.NC1CCCCC1. The summed E-state index contributed by atoms with van der Waals surface area (Å²) in [4.78, 5) is 22.4. The lowest BCUT2D eigenvalue weighted by molar-refractivity contribution is -0.143. The molecule has 1 atom stereocenters. The topological polar surface area (TPSA) is 92.4 Å². The number of amides is 1. The van der Waals surface area contributed by atoms with Gasteiger partial charge in [0.05, 0.1) is 0 Å². The van der Waals surface area contributed by atoms with E-state index in [9.17, 15) is 9.59 Å². The Balaban J connectivity index is 0.000000620. The molecule has 0 aliphatic heterocycles. The predicted molar refractivity (Wildman–Crippen MR) is 98.8 cm³/mol. The summed E-state index contributed by atoms with van der Waals surface area (Å²) in [5, 5.41) is 11.5. The third-order valence-electron chi connectivity index (χ3n) is 4.41. The molecule has 1 rings (SSSR count). The summed E-state index contributed by atoms with van der Waals surface area (Å²) < 4.78 is 0. The van der Waals surface area contributed by atoms with Gasteiger partial charge in [0, 0.05) is 12.5 Å². The zero-order chi connectivity index (χ0) is 18.4. The Morgan fingerprint density at radius 3 is 2.08 bits per heavy atom. The highest BCUT2D eigenvalue weighted by molar-refractivity contribution is 5.83. The molecule has 1 unspecified atom stereocenters. The monoisotopic (exact) mass is 342 g/mol. The van der Waals surface area contributed by atoms with E-state index in [0.717, 1.165) is 19.3 Å². The molecule has 0 saturated heterocycles. The van der Waals surface area contributed by atoms with Gasteiger partial charge in [-0.2, -0.15) is 0 Å². The minimum Gasteiger partial charge on any atom is -0.480 e. The van der Waals surface area contributed by atoms with Gasteiger partial charge in [0.2, 0.25) is 5.91 Å². The van der Waals surface area contributed by atoms with Crippen LogP contribution in [-0.4, -0.2) is 29.1 Å². The molecule has 142 valence electrons. The third kappa shape index (κ3) is 12.3. The summed E-state index contributed by atoms with van der Waals surface area (Å²) in [6, 6.07) is -0.230. The molecular weight excluding hydrogens is 304 g/mol. The molecule has 0 aromatic carbocycles. The highest BCUT2D eigenvalue weighted by Crippen LogP contribution is 2.14. The second-order valence-electron chi connectivity index (χ2n) is 7.19. The van der Waals surface area contributed by atoms with Crippen LogP contribution in [-0.2, 0) is 9.59 Å². The second kappa shape index (κ2) is 14.3. The number of carbonyl (C=O) groups is 2. The molecule has 0 bridgehead atoms. The van der Waals surface area contributed by atoms with Crippen molar-refractivity contribution in [3.8, 4) is 0 Å². The Labute approximate surface area is 147 Å². The van der Waals surface area contributed by atoms with Crippen molar-refractivity contribution in [3.63, 3.8) is 0 Å². The van der Waals surface area contributed by atoms with E-state index in [4.69, 9.17) is 10.8 Å². The van der Waals surface area contributed by atoms with Crippen LogP contribution < -0.4 is 11.1 Å². The largest absolute Gasteiger partial charge is 0.480 e. The smallest absolute Gasteiger partial charge is 0.326 e. The van der Waals surface area contributed by atoms with Gasteiger partial charge in [-0.3, -0.25) is 4.79 Å².